The molecule has 6 nitrogen and oxygen atoms in total. The zero-order valence-corrected chi connectivity index (χ0v) is 8.39. The Balaban J connectivity index is 2.69. The van der Waals surface area contributed by atoms with E-state index in [0.717, 1.165) is 0 Å². The lowest BCUT2D eigenvalue weighted by Gasteiger charge is -2.07. The maximum absolute atomic E-state index is 11.4. The Hall–Kier alpha value is -1.98. The van der Waals surface area contributed by atoms with Gasteiger partial charge >= 0.3 is 5.97 Å². The van der Waals surface area contributed by atoms with Gasteiger partial charge in [-0.25, -0.2) is 4.98 Å². The highest BCUT2D eigenvalue weighted by molar-refractivity contribution is 5.94. The Labute approximate surface area is 86.4 Å². The van der Waals surface area contributed by atoms with Crippen molar-refractivity contribution in [3.8, 4) is 0 Å². The summed E-state index contributed by atoms with van der Waals surface area (Å²) in [5.74, 6) is -1.64. The second-order valence-corrected chi connectivity index (χ2v) is 3.08. The molecule has 1 amide bonds. The molecule has 0 aromatic carbocycles. The van der Waals surface area contributed by atoms with Crippen LogP contribution < -0.4 is 5.32 Å². The Kier molecular flexibility index (Phi) is 3.33. The summed E-state index contributed by atoms with van der Waals surface area (Å²) in [6.45, 7) is 3.12. The van der Waals surface area contributed by atoms with E-state index in [-0.39, 0.29) is 5.69 Å². The first-order valence-corrected chi connectivity index (χ1v) is 4.33. The molecular formula is C9H11N3O3. The molecule has 0 aliphatic carbocycles. The number of nitrogens with zero attached hydrogens (tertiary/aromatic N) is 2. The van der Waals surface area contributed by atoms with Crippen LogP contribution in [0.2, 0.25) is 0 Å². The zero-order valence-electron chi connectivity index (χ0n) is 8.39. The Morgan fingerprint density at radius 1 is 1.40 bits per heavy atom. The molecule has 80 valence electrons. The third-order valence-electron chi connectivity index (χ3n) is 1.73. The topological polar surface area (TPSA) is 92.2 Å². The summed E-state index contributed by atoms with van der Waals surface area (Å²) in [4.78, 5) is 29.6. The number of nitrogens with one attached hydrogen (secondary N) is 1. The van der Waals surface area contributed by atoms with Gasteiger partial charge in [0.1, 0.15) is 11.7 Å². The van der Waals surface area contributed by atoms with E-state index in [1.54, 1.807) is 6.92 Å². The maximum Gasteiger partial charge on any atom is 0.325 e. The lowest BCUT2D eigenvalue weighted by Crippen LogP contribution is -2.38. The van der Waals surface area contributed by atoms with Gasteiger partial charge in [0.15, 0.2) is 0 Å². The highest BCUT2D eigenvalue weighted by atomic mass is 16.4. The fourth-order valence-electron chi connectivity index (χ4n) is 0.842. The number of aromatic nitrogens is 2. The summed E-state index contributed by atoms with van der Waals surface area (Å²) in [7, 11) is 0. The van der Waals surface area contributed by atoms with Crippen LogP contribution in [0.5, 0.6) is 0 Å². The Morgan fingerprint density at radius 2 is 2.07 bits per heavy atom. The summed E-state index contributed by atoms with van der Waals surface area (Å²) in [5, 5.41) is 10.8. The predicted molar refractivity (Wildman–Crippen MR) is 51.3 cm³/mol. The number of carboxylic acid groups (broad SMARTS) is 1. The third-order valence-corrected chi connectivity index (χ3v) is 1.73. The van der Waals surface area contributed by atoms with Gasteiger partial charge in [-0.2, -0.15) is 0 Å². The number of carboxylic acids is 1. The van der Waals surface area contributed by atoms with Crippen molar-refractivity contribution in [3.05, 3.63) is 23.8 Å². The van der Waals surface area contributed by atoms with Crippen LogP contribution in [0, 0.1) is 6.92 Å². The normalized spacial score (nSPS) is 11.9. The van der Waals surface area contributed by atoms with Gasteiger partial charge in [-0.1, -0.05) is 0 Å². The van der Waals surface area contributed by atoms with Gasteiger partial charge in [0.2, 0.25) is 0 Å². The molecule has 0 radical (unpaired) electrons. The van der Waals surface area contributed by atoms with Crippen LogP contribution in [-0.4, -0.2) is 33.0 Å². The second kappa shape index (κ2) is 4.50. The standard InChI is InChI=1S/C9H11N3O3/c1-5-3-11-7(4-10-5)8(13)12-6(2)9(14)15/h3-4,6H,1-2H3,(H,12,13)(H,14,15)/t6-/m0/s1. The van der Waals surface area contributed by atoms with Gasteiger partial charge in [0, 0.05) is 6.20 Å². The van der Waals surface area contributed by atoms with E-state index in [1.165, 1.54) is 19.3 Å². The molecule has 6 heteroatoms. The van der Waals surface area contributed by atoms with Crippen LogP contribution >= 0.6 is 0 Å². The van der Waals surface area contributed by atoms with Crippen molar-refractivity contribution < 1.29 is 14.7 Å². The first-order valence-electron chi connectivity index (χ1n) is 4.33. The molecule has 0 unspecified atom stereocenters. The van der Waals surface area contributed by atoms with Crippen LogP contribution in [0.4, 0.5) is 0 Å². The first kappa shape index (κ1) is 11.1. The zero-order chi connectivity index (χ0) is 11.4. The van der Waals surface area contributed by atoms with Gasteiger partial charge in [-0.05, 0) is 13.8 Å². The number of rotatable bonds is 3. The summed E-state index contributed by atoms with van der Waals surface area (Å²) in [6.07, 6.45) is 2.75. The predicted octanol–water partition coefficient (Wildman–Crippen LogP) is -0.0121. The SMILES string of the molecule is Cc1cnc(C(=O)N[C@@H](C)C(=O)O)cn1. The molecule has 0 fully saturated rings. The van der Waals surface area contributed by atoms with Gasteiger partial charge < -0.3 is 10.4 Å². The Bertz CT molecular complexity index is 375. The van der Waals surface area contributed by atoms with Crippen molar-refractivity contribution in [2.45, 2.75) is 19.9 Å². The number of carbonyl (C=O) groups is 2. The van der Waals surface area contributed by atoms with Crippen molar-refractivity contribution in [1.29, 1.82) is 0 Å². The molecule has 0 aliphatic heterocycles. The Morgan fingerprint density at radius 3 is 2.53 bits per heavy atom. The van der Waals surface area contributed by atoms with Crippen molar-refractivity contribution >= 4 is 11.9 Å². The van der Waals surface area contributed by atoms with Crippen LogP contribution in [-0.2, 0) is 4.79 Å². The molecule has 0 spiro atoms. The van der Waals surface area contributed by atoms with E-state index in [0.29, 0.717) is 5.69 Å². The minimum absolute atomic E-state index is 0.105. The lowest BCUT2D eigenvalue weighted by atomic mass is 10.3. The van der Waals surface area contributed by atoms with Gasteiger partial charge in [0.25, 0.3) is 5.91 Å². The fourth-order valence-corrected chi connectivity index (χ4v) is 0.842. The summed E-state index contributed by atoms with van der Waals surface area (Å²) in [5.41, 5.74) is 0.798. The maximum atomic E-state index is 11.4. The minimum Gasteiger partial charge on any atom is -0.480 e. The van der Waals surface area contributed by atoms with Crippen molar-refractivity contribution in [3.63, 3.8) is 0 Å². The highest BCUT2D eigenvalue weighted by Gasteiger charge is 2.15. The van der Waals surface area contributed by atoms with Crippen LogP contribution in [0.15, 0.2) is 12.4 Å². The van der Waals surface area contributed by atoms with Crippen LogP contribution in [0.3, 0.4) is 0 Å². The van der Waals surface area contributed by atoms with Crippen LogP contribution in [0.1, 0.15) is 23.1 Å². The average molecular weight is 209 g/mol. The molecule has 0 bridgehead atoms. The van der Waals surface area contributed by atoms with E-state index >= 15 is 0 Å². The molecular weight excluding hydrogens is 198 g/mol. The summed E-state index contributed by atoms with van der Waals surface area (Å²) in [6, 6.07) is -0.944. The van der Waals surface area contributed by atoms with Gasteiger partial charge in [-0.3, -0.25) is 14.6 Å². The highest BCUT2D eigenvalue weighted by Crippen LogP contribution is 1.95. The van der Waals surface area contributed by atoms with Crippen molar-refractivity contribution in [1.82, 2.24) is 15.3 Å². The first-order chi connectivity index (χ1) is 7.00. The molecule has 1 aromatic rings. The van der Waals surface area contributed by atoms with Gasteiger partial charge in [-0.15, -0.1) is 0 Å². The molecule has 0 saturated heterocycles. The van der Waals surface area contributed by atoms with E-state index in [2.05, 4.69) is 15.3 Å². The number of aryl methyl sites for hydroxylation is 1. The van der Waals surface area contributed by atoms with E-state index in [1.807, 2.05) is 0 Å². The smallest absolute Gasteiger partial charge is 0.325 e. The molecule has 0 aliphatic rings. The number of carbonyl (C=O) groups excluding carboxylic acids is 1. The third kappa shape index (κ3) is 3.01. The molecule has 15 heavy (non-hydrogen) atoms. The lowest BCUT2D eigenvalue weighted by molar-refractivity contribution is -0.138. The molecule has 1 aromatic heterocycles. The largest absolute Gasteiger partial charge is 0.480 e. The monoisotopic (exact) mass is 209 g/mol. The van der Waals surface area contributed by atoms with E-state index < -0.39 is 17.9 Å². The second-order valence-electron chi connectivity index (χ2n) is 3.08. The number of hydrogen-bond donors (Lipinski definition) is 2. The molecule has 0 saturated carbocycles. The van der Waals surface area contributed by atoms with Crippen molar-refractivity contribution in [2.24, 2.45) is 0 Å². The van der Waals surface area contributed by atoms with E-state index in [9.17, 15) is 9.59 Å². The minimum atomic E-state index is -1.09. The molecule has 1 rings (SSSR count). The van der Waals surface area contributed by atoms with Crippen LogP contribution in [0.25, 0.3) is 0 Å². The van der Waals surface area contributed by atoms with Gasteiger partial charge in [0.05, 0.1) is 11.9 Å². The summed E-state index contributed by atoms with van der Waals surface area (Å²) >= 11 is 0. The summed E-state index contributed by atoms with van der Waals surface area (Å²) < 4.78 is 0. The quantitative estimate of drug-likeness (QED) is 0.730. The van der Waals surface area contributed by atoms with Crippen molar-refractivity contribution in [2.75, 3.05) is 0 Å². The number of aliphatic carboxylic acids is 1. The molecule has 1 atom stereocenters. The number of amides is 1. The fraction of sp³-hybridized carbons (Fsp3) is 0.333. The molecule has 2 N–H and O–H groups in total. The molecule has 1 heterocycles. The average Bonchev–Trinajstić information content (AvgIpc) is 2.18. The number of hydrogen-bond acceptors (Lipinski definition) is 4. The van der Waals surface area contributed by atoms with E-state index in [4.69, 9.17) is 5.11 Å².